The van der Waals surface area contributed by atoms with Crippen molar-refractivity contribution in [2.75, 3.05) is 5.32 Å². The van der Waals surface area contributed by atoms with Gasteiger partial charge in [-0.2, -0.15) is 0 Å². The van der Waals surface area contributed by atoms with Gasteiger partial charge in [-0.15, -0.1) is 0 Å². The second kappa shape index (κ2) is 10.5. The predicted octanol–water partition coefficient (Wildman–Crippen LogP) is 7.34. The highest BCUT2D eigenvalue weighted by molar-refractivity contribution is 6.29. The fraction of sp³-hybridized carbons (Fsp3) is 0.586. The molecule has 3 N–H and O–H groups in total. The highest BCUT2D eigenvalue weighted by atomic mass is 35.5. The Morgan fingerprint density at radius 2 is 1.60 bits per heavy atom. The van der Waals surface area contributed by atoms with E-state index >= 15 is 0 Å². The first-order valence-corrected chi connectivity index (χ1v) is 14.2. The molecule has 5 nitrogen and oxygen atoms in total. The molecular weight excluding hydrogens is 454 g/mol. The number of H-pyrrole nitrogens is 1. The van der Waals surface area contributed by atoms with Crippen molar-refractivity contribution in [1.82, 2.24) is 20.3 Å². The molecule has 3 aliphatic carbocycles. The Morgan fingerprint density at radius 1 is 0.886 bits per heavy atom. The summed E-state index contributed by atoms with van der Waals surface area (Å²) < 4.78 is 0. The number of rotatable bonds is 7. The first-order chi connectivity index (χ1) is 17.2. The minimum Gasteiger partial charge on any atom is -0.367 e. The van der Waals surface area contributed by atoms with Gasteiger partial charge in [0.15, 0.2) is 0 Å². The number of halogens is 1. The van der Waals surface area contributed by atoms with Crippen molar-refractivity contribution < 1.29 is 0 Å². The average Bonchev–Trinajstić information content (AvgIpc) is 3.28. The van der Waals surface area contributed by atoms with E-state index < -0.39 is 0 Å². The van der Waals surface area contributed by atoms with Crippen LogP contribution in [0, 0.1) is 11.8 Å². The molecule has 3 heterocycles. The molecule has 0 atom stereocenters. The molecule has 3 fully saturated rings. The van der Waals surface area contributed by atoms with E-state index in [1.807, 2.05) is 24.5 Å². The number of hydrogen-bond acceptors (Lipinski definition) is 4. The van der Waals surface area contributed by atoms with Gasteiger partial charge in [0.1, 0.15) is 16.6 Å². The topological polar surface area (TPSA) is 65.6 Å². The van der Waals surface area contributed by atoms with Crippen LogP contribution < -0.4 is 10.6 Å². The standard InChI is InChI=1S/C29H38ClN5/c30-27-16-21(26-18-32-29-25(26)5-2-14-31-29)17-28(35-27)34-24-12-8-20(9-13-24)15-19-6-10-23(11-7-19)33-22-3-1-4-22/h2,5,14,16-20,22-24,33H,1,3-4,6-13,15H2,(H,31,32)(H,34,35). The molecule has 0 amide bonds. The van der Waals surface area contributed by atoms with E-state index in [0.717, 1.165) is 51.9 Å². The Balaban J connectivity index is 1.00. The van der Waals surface area contributed by atoms with E-state index in [1.165, 1.54) is 77.0 Å². The van der Waals surface area contributed by atoms with Gasteiger partial charge in [0.25, 0.3) is 0 Å². The second-order valence-electron chi connectivity index (χ2n) is 11.3. The molecule has 3 aromatic rings. The summed E-state index contributed by atoms with van der Waals surface area (Å²) in [7, 11) is 0. The van der Waals surface area contributed by atoms with E-state index in [0.29, 0.717) is 11.2 Å². The van der Waals surface area contributed by atoms with Gasteiger partial charge in [-0.05, 0) is 112 Å². The van der Waals surface area contributed by atoms with Crippen LogP contribution in [0.4, 0.5) is 5.82 Å². The first kappa shape index (κ1) is 23.3. The van der Waals surface area contributed by atoms with E-state index in [9.17, 15) is 0 Å². The summed E-state index contributed by atoms with van der Waals surface area (Å²) in [5.41, 5.74) is 3.08. The van der Waals surface area contributed by atoms with Crippen molar-refractivity contribution >= 4 is 28.5 Å². The average molecular weight is 492 g/mol. The van der Waals surface area contributed by atoms with Gasteiger partial charge in [0.05, 0.1) is 0 Å². The molecule has 0 spiro atoms. The molecule has 3 aliphatic rings. The van der Waals surface area contributed by atoms with E-state index in [1.54, 1.807) is 0 Å². The maximum Gasteiger partial charge on any atom is 0.137 e. The van der Waals surface area contributed by atoms with Crippen LogP contribution in [0.5, 0.6) is 0 Å². The zero-order valence-electron chi connectivity index (χ0n) is 20.6. The van der Waals surface area contributed by atoms with Crippen molar-refractivity contribution in [2.24, 2.45) is 11.8 Å². The first-order valence-electron chi connectivity index (χ1n) is 13.8. The van der Waals surface area contributed by atoms with Crippen LogP contribution in [0.15, 0.2) is 36.7 Å². The molecule has 3 saturated carbocycles. The number of aromatic nitrogens is 3. The van der Waals surface area contributed by atoms with Gasteiger partial charge < -0.3 is 15.6 Å². The zero-order chi connectivity index (χ0) is 23.6. The number of nitrogens with zero attached hydrogens (tertiary/aromatic N) is 2. The minimum atomic E-state index is 0.483. The summed E-state index contributed by atoms with van der Waals surface area (Å²) in [6.07, 6.45) is 20.3. The van der Waals surface area contributed by atoms with Crippen LogP contribution in [0.1, 0.15) is 77.0 Å². The quantitative estimate of drug-likeness (QED) is 0.302. The normalized spacial score (nSPS) is 27.6. The number of aromatic amines is 1. The van der Waals surface area contributed by atoms with Gasteiger partial charge in [-0.1, -0.05) is 18.0 Å². The van der Waals surface area contributed by atoms with E-state index in [4.69, 9.17) is 11.6 Å². The fourth-order valence-electron chi connectivity index (χ4n) is 6.62. The lowest BCUT2D eigenvalue weighted by atomic mass is 9.75. The second-order valence-corrected chi connectivity index (χ2v) is 11.7. The number of fused-ring (bicyclic) bond motifs is 1. The van der Waals surface area contributed by atoms with Gasteiger partial charge in [0.2, 0.25) is 0 Å². The maximum atomic E-state index is 6.44. The van der Waals surface area contributed by atoms with Crippen molar-refractivity contribution in [3.8, 4) is 11.1 Å². The smallest absolute Gasteiger partial charge is 0.137 e. The Bertz CT molecular complexity index is 1120. The molecule has 0 saturated heterocycles. The van der Waals surface area contributed by atoms with Crippen LogP contribution in [-0.2, 0) is 0 Å². The third kappa shape index (κ3) is 5.51. The van der Waals surface area contributed by atoms with Gasteiger partial charge in [-0.3, -0.25) is 0 Å². The number of anilines is 1. The summed E-state index contributed by atoms with van der Waals surface area (Å²) in [5.74, 6) is 2.73. The molecule has 0 radical (unpaired) electrons. The van der Waals surface area contributed by atoms with Crippen LogP contribution in [0.25, 0.3) is 22.2 Å². The van der Waals surface area contributed by atoms with Crippen molar-refractivity contribution in [2.45, 2.75) is 95.2 Å². The van der Waals surface area contributed by atoms with Crippen molar-refractivity contribution in [3.05, 3.63) is 41.8 Å². The van der Waals surface area contributed by atoms with Crippen LogP contribution >= 0.6 is 11.6 Å². The van der Waals surface area contributed by atoms with Crippen LogP contribution in [0.2, 0.25) is 5.15 Å². The lowest BCUT2D eigenvalue weighted by Gasteiger charge is -2.37. The minimum absolute atomic E-state index is 0.483. The van der Waals surface area contributed by atoms with Crippen LogP contribution in [0.3, 0.4) is 0 Å². The molecule has 6 heteroatoms. The Hall–Kier alpha value is -2.11. The van der Waals surface area contributed by atoms with Gasteiger partial charge in [0, 0.05) is 41.5 Å². The molecule has 0 aliphatic heterocycles. The molecule has 0 unspecified atom stereocenters. The Kier molecular flexibility index (Phi) is 6.97. The summed E-state index contributed by atoms with van der Waals surface area (Å²) >= 11 is 6.44. The molecule has 6 rings (SSSR count). The third-order valence-electron chi connectivity index (χ3n) is 8.84. The lowest BCUT2D eigenvalue weighted by molar-refractivity contribution is 0.198. The van der Waals surface area contributed by atoms with Crippen molar-refractivity contribution in [3.63, 3.8) is 0 Å². The molecule has 3 aromatic heterocycles. The van der Waals surface area contributed by atoms with Gasteiger partial charge >= 0.3 is 0 Å². The molecule has 35 heavy (non-hydrogen) atoms. The number of nitrogens with one attached hydrogen (secondary N) is 3. The lowest BCUT2D eigenvalue weighted by Crippen LogP contribution is -2.44. The summed E-state index contributed by atoms with van der Waals surface area (Å²) in [5, 5.41) is 9.24. The SMILES string of the molecule is Clc1cc(-c2c[nH]c3ncccc23)cc(NC2CCC(CC3CCC(NC4CCC4)CC3)CC2)n1. The number of hydrogen-bond donors (Lipinski definition) is 3. The predicted molar refractivity (Wildman–Crippen MR) is 145 cm³/mol. The summed E-state index contributed by atoms with van der Waals surface area (Å²) in [4.78, 5) is 12.3. The summed E-state index contributed by atoms with van der Waals surface area (Å²) in [6, 6.07) is 10.2. The maximum absolute atomic E-state index is 6.44. The van der Waals surface area contributed by atoms with E-state index in [2.05, 4.69) is 37.7 Å². The molecule has 186 valence electrons. The van der Waals surface area contributed by atoms with Crippen molar-refractivity contribution in [1.29, 1.82) is 0 Å². The zero-order valence-corrected chi connectivity index (χ0v) is 21.4. The fourth-order valence-corrected chi connectivity index (χ4v) is 6.83. The molecule has 0 aromatic carbocycles. The molecular formula is C29H38ClN5. The highest BCUT2D eigenvalue weighted by Crippen LogP contribution is 2.37. The number of pyridine rings is 2. The van der Waals surface area contributed by atoms with E-state index in [-0.39, 0.29) is 0 Å². The molecule has 0 bridgehead atoms. The largest absolute Gasteiger partial charge is 0.367 e. The Morgan fingerprint density at radius 3 is 2.31 bits per heavy atom. The summed E-state index contributed by atoms with van der Waals surface area (Å²) in [6.45, 7) is 0. The third-order valence-corrected chi connectivity index (χ3v) is 9.04. The Labute approximate surface area is 213 Å². The van der Waals surface area contributed by atoms with Gasteiger partial charge in [-0.25, -0.2) is 9.97 Å². The highest BCUT2D eigenvalue weighted by Gasteiger charge is 2.29. The van der Waals surface area contributed by atoms with Crippen LogP contribution in [-0.4, -0.2) is 33.1 Å². The monoisotopic (exact) mass is 491 g/mol.